The van der Waals surface area contributed by atoms with Gasteiger partial charge in [-0.25, -0.2) is 17.9 Å². The summed E-state index contributed by atoms with van der Waals surface area (Å²) in [6, 6.07) is 11.0. The zero-order valence-corrected chi connectivity index (χ0v) is 15.2. The lowest BCUT2D eigenvalue weighted by atomic mass is 10.1. The van der Waals surface area contributed by atoms with Crippen LogP contribution < -0.4 is 10.0 Å². The highest BCUT2D eigenvalue weighted by atomic mass is 32.2. The molecule has 0 unspecified atom stereocenters. The normalized spacial score (nSPS) is 10.8. The van der Waals surface area contributed by atoms with Crippen LogP contribution >= 0.6 is 0 Å². The van der Waals surface area contributed by atoms with E-state index in [0.717, 1.165) is 6.07 Å². The molecule has 0 aliphatic heterocycles. The highest BCUT2D eigenvalue weighted by Gasteiger charge is 2.16. The highest BCUT2D eigenvalue weighted by molar-refractivity contribution is 7.89. The van der Waals surface area contributed by atoms with Gasteiger partial charge in [0.25, 0.3) is 5.91 Å². The Bertz CT molecular complexity index is 1010. The maximum absolute atomic E-state index is 12.3. The molecule has 0 radical (unpaired) electrons. The maximum Gasteiger partial charge on any atom is 0.337 e. The van der Waals surface area contributed by atoms with Crippen LogP contribution in [0, 0.1) is 11.3 Å². The first-order valence-electron chi connectivity index (χ1n) is 7.97. The van der Waals surface area contributed by atoms with Crippen molar-refractivity contribution in [1.29, 1.82) is 5.26 Å². The van der Waals surface area contributed by atoms with Crippen LogP contribution in [0.15, 0.2) is 47.4 Å². The van der Waals surface area contributed by atoms with Crippen LogP contribution in [-0.2, 0) is 10.0 Å². The number of carbonyl (C=O) groups excluding carboxylic acids is 1. The molecule has 0 saturated carbocycles. The molecule has 0 fully saturated rings. The lowest BCUT2D eigenvalue weighted by Gasteiger charge is -2.10. The molecule has 2 rings (SSSR count). The molecule has 0 bridgehead atoms. The number of rotatable bonds is 7. The Kier molecular flexibility index (Phi) is 6.28. The minimum absolute atomic E-state index is 0.0251. The largest absolute Gasteiger partial charge is 0.478 e. The highest BCUT2D eigenvalue weighted by Crippen LogP contribution is 2.19. The number of benzene rings is 2. The van der Waals surface area contributed by atoms with Crippen molar-refractivity contribution in [3.8, 4) is 6.07 Å². The number of nitriles is 1. The molecule has 3 N–H and O–H groups in total. The molecule has 8 nitrogen and oxygen atoms in total. The summed E-state index contributed by atoms with van der Waals surface area (Å²) in [5.74, 6) is -1.89. The SMILES string of the molecule is CCCNS(=O)(=O)c1ccc(C(=O)Nc2ccc(C#N)cc2C(=O)O)cc1. The number of carbonyl (C=O) groups is 2. The van der Waals surface area contributed by atoms with Crippen molar-refractivity contribution in [2.45, 2.75) is 18.2 Å². The smallest absolute Gasteiger partial charge is 0.337 e. The lowest BCUT2D eigenvalue weighted by Crippen LogP contribution is -2.24. The van der Waals surface area contributed by atoms with Gasteiger partial charge in [0.05, 0.1) is 27.8 Å². The van der Waals surface area contributed by atoms with Gasteiger partial charge in [-0.3, -0.25) is 4.79 Å². The van der Waals surface area contributed by atoms with Crippen molar-refractivity contribution in [3.05, 3.63) is 59.2 Å². The van der Waals surface area contributed by atoms with Crippen LogP contribution in [0.25, 0.3) is 0 Å². The van der Waals surface area contributed by atoms with E-state index in [1.54, 1.807) is 0 Å². The lowest BCUT2D eigenvalue weighted by molar-refractivity contribution is 0.0698. The van der Waals surface area contributed by atoms with Crippen molar-refractivity contribution < 1.29 is 23.1 Å². The number of nitrogens with one attached hydrogen (secondary N) is 2. The summed E-state index contributed by atoms with van der Waals surface area (Å²) in [5.41, 5.74) is 0.128. The fourth-order valence-electron chi connectivity index (χ4n) is 2.20. The summed E-state index contributed by atoms with van der Waals surface area (Å²) in [6.07, 6.45) is 0.649. The summed E-state index contributed by atoms with van der Waals surface area (Å²) >= 11 is 0. The molecule has 0 atom stereocenters. The summed E-state index contributed by atoms with van der Waals surface area (Å²) in [6.45, 7) is 2.14. The zero-order chi connectivity index (χ0) is 20.0. The Morgan fingerprint density at radius 2 is 1.81 bits per heavy atom. The average molecular weight is 387 g/mol. The van der Waals surface area contributed by atoms with Crippen molar-refractivity contribution in [1.82, 2.24) is 4.72 Å². The van der Waals surface area contributed by atoms with Gasteiger partial charge in [-0.2, -0.15) is 5.26 Å². The van der Waals surface area contributed by atoms with E-state index in [-0.39, 0.29) is 27.3 Å². The van der Waals surface area contributed by atoms with Gasteiger partial charge in [0.2, 0.25) is 10.0 Å². The van der Waals surface area contributed by atoms with Crippen LogP contribution in [0.3, 0.4) is 0 Å². The number of aromatic carboxylic acids is 1. The molecule has 140 valence electrons. The number of nitrogens with zero attached hydrogens (tertiary/aromatic N) is 1. The Labute approximate surface area is 156 Å². The Morgan fingerprint density at radius 3 is 2.37 bits per heavy atom. The predicted molar refractivity (Wildman–Crippen MR) is 98.0 cm³/mol. The second-order valence-corrected chi connectivity index (χ2v) is 7.32. The summed E-state index contributed by atoms with van der Waals surface area (Å²) in [5, 5.41) is 20.5. The number of hydrogen-bond donors (Lipinski definition) is 3. The molecular weight excluding hydrogens is 370 g/mol. The van der Waals surface area contributed by atoms with Gasteiger partial charge in [0.15, 0.2) is 0 Å². The van der Waals surface area contributed by atoms with E-state index in [0.29, 0.717) is 13.0 Å². The molecule has 0 aromatic heterocycles. The Balaban J connectivity index is 2.23. The van der Waals surface area contributed by atoms with Crippen molar-refractivity contribution >= 4 is 27.6 Å². The topological polar surface area (TPSA) is 136 Å². The molecule has 0 aliphatic rings. The minimum Gasteiger partial charge on any atom is -0.478 e. The van der Waals surface area contributed by atoms with Gasteiger partial charge < -0.3 is 10.4 Å². The van der Waals surface area contributed by atoms with E-state index >= 15 is 0 Å². The van der Waals surface area contributed by atoms with E-state index in [1.165, 1.54) is 36.4 Å². The van der Waals surface area contributed by atoms with E-state index in [4.69, 9.17) is 5.26 Å². The van der Waals surface area contributed by atoms with Gasteiger partial charge in [0.1, 0.15) is 0 Å². The molecule has 1 amide bonds. The van der Waals surface area contributed by atoms with Gasteiger partial charge in [-0.1, -0.05) is 6.92 Å². The molecule has 0 spiro atoms. The second-order valence-electron chi connectivity index (χ2n) is 5.55. The van der Waals surface area contributed by atoms with E-state index in [9.17, 15) is 23.1 Å². The molecule has 2 aromatic carbocycles. The van der Waals surface area contributed by atoms with Gasteiger partial charge in [-0.05, 0) is 48.9 Å². The molecule has 2 aromatic rings. The van der Waals surface area contributed by atoms with Crippen LogP contribution in [0.5, 0.6) is 0 Å². The van der Waals surface area contributed by atoms with E-state index in [2.05, 4.69) is 10.0 Å². The van der Waals surface area contributed by atoms with E-state index < -0.39 is 21.9 Å². The third-order valence-corrected chi connectivity index (χ3v) is 5.07. The van der Waals surface area contributed by atoms with Crippen LogP contribution in [0.4, 0.5) is 5.69 Å². The van der Waals surface area contributed by atoms with Gasteiger partial charge in [0, 0.05) is 12.1 Å². The molecule has 0 aliphatic carbocycles. The third kappa shape index (κ3) is 4.91. The molecule has 27 heavy (non-hydrogen) atoms. The number of carboxylic acid groups (broad SMARTS) is 1. The quantitative estimate of drug-likeness (QED) is 0.666. The first-order valence-corrected chi connectivity index (χ1v) is 9.45. The predicted octanol–water partition coefficient (Wildman–Crippen LogP) is 2.20. The van der Waals surface area contributed by atoms with Crippen LogP contribution in [-0.4, -0.2) is 31.9 Å². The van der Waals surface area contributed by atoms with Gasteiger partial charge in [-0.15, -0.1) is 0 Å². The molecular formula is C18H17N3O5S. The number of carboxylic acids is 1. The molecule has 0 heterocycles. The van der Waals surface area contributed by atoms with Crippen LogP contribution in [0.2, 0.25) is 0 Å². The number of amides is 1. The Morgan fingerprint density at radius 1 is 1.15 bits per heavy atom. The van der Waals surface area contributed by atoms with Crippen molar-refractivity contribution in [2.75, 3.05) is 11.9 Å². The maximum atomic E-state index is 12.3. The summed E-state index contributed by atoms with van der Waals surface area (Å²) in [4.78, 5) is 23.7. The monoisotopic (exact) mass is 387 g/mol. The average Bonchev–Trinajstić information content (AvgIpc) is 2.66. The number of anilines is 1. The van der Waals surface area contributed by atoms with Crippen molar-refractivity contribution in [2.24, 2.45) is 0 Å². The second kappa shape index (κ2) is 8.44. The van der Waals surface area contributed by atoms with E-state index in [1.807, 2.05) is 13.0 Å². The minimum atomic E-state index is -3.64. The van der Waals surface area contributed by atoms with Gasteiger partial charge >= 0.3 is 5.97 Å². The molecule has 9 heteroatoms. The number of hydrogen-bond acceptors (Lipinski definition) is 5. The summed E-state index contributed by atoms with van der Waals surface area (Å²) < 4.78 is 26.5. The zero-order valence-electron chi connectivity index (χ0n) is 14.4. The first-order chi connectivity index (χ1) is 12.8. The summed E-state index contributed by atoms with van der Waals surface area (Å²) in [7, 11) is -3.64. The van der Waals surface area contributed by atoms with Crippen LogP contribution in [0.1, 0.15) is 39.6 Å². The number of sulfonamides is 1. The fraction of sp³-hybridized carbons (Fsp3) is 0.167. The molecule has 0 saturated heterocycles. The Hall–Kier alpha value is -3.22. The first kappa shape index (κ1) is 20.1. The fourth-order valence-corrected chi connectivity index (χ4v) is 3.33. The third-order valence-electron chi connectivity index (χ3n) is 3.60. The van der Waals surface area contributed by atoms with Crippen molar-refractivity contribution in [3.63, 3.8) is 0 Å². The standard InChI is InChI=1S/C18H17N3O5S/c1-2-9-20-27(25,26)14-6-4-13(5-7-14)17(22)21-16-8-3-12(11-19)10-15(16)18(23)24/h3-8,10,20H,2,9H2,1H3,(H,21,22)(H,23,24).